The average Bonchev–Trinajstić information content (AvgIpc) is 2.39. The lowest BCUT2D eigenvalue weighted by Crippen LogP contribution is -2.59. The molecule has 0 radical (unpaired) electrons. The van der Waals surface area contributed by atoms with Gasteiger partial charge in [-0.2, -0.15) is 0 Å². The van der Waals surface area contributed by atoms with E-state index in [9.17, 15) is 10.0 Å². The van der Waals surface area contributed by atoms with Crippen LogP contribution in [0.25, 0.3) is 0 Å². The van der Waals surface area contributed by atoms with E-state index in [1.165, 1.54) is 11.3 Å². The molecule has 0 fully saturated rings. The van der Waals surface area contributed by atoms with Crippen molar-refractivity contribution in [1.82, 2.24) is 0 Å². The normalized spacial score (nSPS) is 13.0. The lowest BCUT2D eigenvalue weighted by atomic mass is 9.78. The molecule has 60 valence electrons. The first-order chi connectivity index (χ1) is 5.20. The number of nitrogens with two attached hydrogens (primary N) is 1. The van der Waals surface area contributed by atoms with Crippen molar-refractivity contribution in [3.05, 3.63) is 22.4 Å². The molecular formula is C6H8BNO2S-2. The van der Waals surface area contributed by atoms with Crippen LogP contribution in [-0.4, -0.2) is 13.1 Å². The summed E-state index contributed by atoms with van der Waals surface area (Å²) in [5.41, 5.74) is 5.29. The third-order valence-corrected chi connectivity index (χ3v) is 2.27. The highest BCUT2D eigenvalue weighted by molar-refractivity contribution is 7.09. The van der Waals surface area contributed by atoms with Gasteiger partial charge in [0.15, 0.2) is 0 Å². The second kappa shape index (κ2) is 3.87. The van der Waals surface area contributed by atoms with E-state index < -0.39 is 13.1 Å². The average molecular weight is 169 g/mol. The predicted octanol–water partition coefficient (Wildman–Crippen LogP) is -1.63. The fourth-order valence-electron chi connectivity index (χ4n) is 0.757. The Morgan fingerprint density at radius 2 is 2.36 bits per heavy atom. The molecule has 3 nitrogen and oxygen atoms in total. The molecule has 1 aromatic rings. The number of hydrogen-bond acceptors (Lipinski definition) is 4. The predicted molar refractivity (Wildman–Crippen MR) is 41.8 cm³/mol. The van der Waals surface area contributed by atoms with E-state index >= 15 is 0 Å². The quantitative estimate of drug-likeness (QED) is 0.552. The van der Waals surface area contributed by atoms with Crippen molar-refractivity contribution in [3.63, 3.8) is 0 Å². The van der Waals surface area contributed by atoms with Crippen LogP contribution in [0.1, 0.15) is 4.88 Å². The molecule has 2 N–H and O–H groups in total. The Morgan fingerprint density at radius 1 is 1.64 bits per heavy atom. The summed E-state index contributed by atoms with van der Waals surface area (Å²) in [5, 5.41) is 22.5. The lowest BCUT2D eigenvalue weighted by Gasteiger charge is -2.33. The van der Waals surface area contributed by atoms with Crippen molar-refractivity contribution in [2.45, 2.75) is 12.4 Å². The molecule has 0 aliphatic rings. The van der Waals surface area contributed by atoms with Gasteiger partial charge in [0.25, 0.3) is 0 Å². The van der Waals surface area contributed by atoms with E-state index in [-0.39, 0.29) is 0 Å². The van der Waals surface area contributed by atoms with Gasteiger partial charge < -0.3 is 15.8 Å². The van der Waals surface area contributed by atoms with Crippen LogP contribution in [0.2, 0.25) is 0 Å². The molecule has 5 heteroatoms. The van der Waals surface area contributed by atoms with Crippen molar-refractivity contribution >= 4 is 18.5 Å². The van der Waals surface area contributed by atoms with Gasteiger partial charge in [0.05, 0.1) is 0 Å². The standard InChI is InChI=1S/C6H8BNO2S/c8-6(7(9)10)4-5-2-1-3-11-5/h1-3,6H,4,8H2/q-2. The number of thiophene rings is 1. The highest BCUT2D eigenvalue weighted by Gasteiger charge is 2.00. The molecule has 1 atom stereocenters. The fraction of sp³-hybridized carbons (Fsp3) is 0.333. The smallest absolute Gasteiger partial charge is 0.00520 e. The molecule has 0 amide bonds. The first kappa shape index (κ1) is 8.74. The van der Waals surface area contributed by atoms with Crippen LogP contribution in [0.3, 0.4) is 0 Å². The largest absolute Gasteiger partial charge is 0.892 e. The second-order valence-electron chi connectivity index (χ2n) is 2.32. The minimum atomic E-state index is -1.92. The first-order valence-electron chi connectivity index (χ1n) is 3.30. The summed E-state index contributed by atoms with van der Waals surface area (Å²) in [6.45, 7) is 0. The molecule has 0 aliphatic heterocycles. The number of rotatable bonds is 3. The molecule has 1 aromatic heterocycles. The van der Waals surface area contributed by atoms with Crippen molar-refractivity contribution in [2.24, 2.45) is 5.73 Å². The van der Waals surface area contributed by atoms with Crippen LogP contribution in [0, 0.1) is 0 Å². The van der Waals surface area contributed by atoms with E-state index in [0.29, 0.717) is 6.42 Å². The van der Waals surface area contributed by atoms with Crippen molar-refractivity contribution < 1.29 is 10.0 Å². The molecule has 11 heavy (non-hydrogen) atoms. The summed E-state index contributed by atoms with van der Waals surface area (Å²) in [7, 11) is -1.92. The summed E-state index contributed by atoms with van der Waals surface area (Å²) >= 11 is 1.51. The topological polar surface area (TPSA) is 72.1 Å². The van der Waals surface area contributed by atoms with Gasteiger partial charge in [0.1, 0.15) is 0 Å². The van der Waals surface area contributed by atoms with Crippen LogP contribution in [0.4, 0.5) is 0 Å². The van der Waals surface area contributed by atoms with Gasteiger partial charge in [0, 0.05) is 4.88 Å². The van der Waals surface area contributed by atoms with Crippen molar-refractivity contribution in [2.75, 3.05) is 0 Å². The van der Waals surface area contributed by atoms with E-state index in [4.69, 9.17) is 5.73 Å². The van der Waals surface area contributed by atoms with Gasteiger partial charge in [-0.3, -0.25) is 0 Å². The maximum absolute atomic E-state index is 10.3. The van der Waals surface area contributed by atoms with Crippen LogP contribution >= 0.6 is 11.3 Å². The Morgan fingerprint density at radius 3 is 2.82 bits per heavy atom. The van der Waals surface area contributed by atoms with Crippen LogP contribution < -0.4 is 15.8 Å². The molecule has 0 saturated heterocycles. The minimum absolute atomic E-state index is 0.398. The lowest BCUT2D eigenvalue weighted by molar-refractivity contribution is -0.351. The second-order valence-corrected chi connectivity index (χ2v) is 3.35. The molecule has 1 rings (SSSR count). The Bertz CT molecular complexity index is 202. The SMILES string of the molecule is NC(Cc1cccs1)B([O-])[O-]. The Labute approximate surface area is 69.6 Å². The van der Waals surface area contributed by atoms with Gasteiger partial charge in [-0.25, -0.2) is 0 Å². The van der Waals surface area contributed by atoms with Gasteiger partial charge in [-0.1, -0.05) is 19.1 Å². The highest BCUT2D eigenvalue weighted by atomic mass is 32.1. The Hall–Kier alpha value is -0.355. The molecule has 0 aromatic carbocycles. The molecular weight excluding hydrogens is 161 g/mol. The van der Waals surface area contributed by atoms with Crippen LogP contribution in [0.5, 0.6) is 0 Å². The summed E-state index contributed by atoms with van der Waals surface area (Å²) < 4.78 is 0. The summed E-state index contributed by atoms with van der Waals surface area (Å²) in [6, 6.07) is 3.74. The monoisotopic (exact) mass is 169 g/mol. The molecule has 1 unspecified atom stereocenters. The van der Waals surface area contributed by atoms with Gasteiger partial charge in [0.2, 0.25) is 0 Å². The molecule has 1 heterocycles. The van der Waals surface area contributed by atoms with E-state index in [0.717, 1.165) is 4.88 Å². The van der Waals surface area contributed by atoms with Gasteiger partial charge in [-0.05, 0) is 17.9 Å². The van der Waals surface area contributed by atoms with E-state index in [1.807, 2.05) is 17.5 Å². The Kier molecular flexibility index (Phi) is 3.08. The summed E-state index contributed by atoms with van der Waals surface area (Å²) in [4.78, 5) is 0.995. The zero-order chi connectivity index (χ0) is 8.27. The molecule has 0 bridgehead atoms. The van der Waals surface area contributed by atoms with Crippen LogP contribution in [-0.2, 0) is 6.42 Å². The maximum atomic E-state index is 10.3. The minimum Gasteiger partial charge on any atom is -0.892 e. The number of hydrogen-bond donors (Lipinski definition) is 1. The summed E-state index contributed by atoms with van der Waals surface area (Å²) in [5.74, 6) is -0.798. The molecule has 0 saturated carbocycles. The third-order valence-electron chi connectivity index (χ3n) is 1.37. The van der Waals surface area contributed by atoms with Gasteiger partial charge >= 0.3 is 0 Å². The van der Waals surface area contributed by atoms with Crippen molar-refractivity contribution in [1.29, 1.82) is 0 Å². The third kappa shape index (κ3) is 2.63. The first-order valence-corrected chi connectivity index (χ1v) is 4.17. The zero-order valence-corrected chi connectivity index (χ0v) is 6.71. The van der Waals surface area contributed by atoms with E-state index in [2.05, 4.69) is 0 Å². The Balaban J connectivity index is 2.43. The molecule has 0 spiro atoms. The maximum Gasteiger partial charge on any atom is 0.00520 e. The van der Waals surface area contributed by atoms with Gasteiger partial charge in [-0.15, -0.1) is 11.3 Å². The zero-order valence-electron chi connectivity index (χ0n) is 5.90. The summed E-state index contributed by atoms with van der Waals surface area (Å²) in [6.07, 6.45) is 0.398. The van der Waals surface area contributed by atoms with Crippen molar-refractivity contribution in [3.8, 4) is 0 Å². The molecule has 0 aliphatic carbocycles. The van der Waals surface area contributed by atoms with Crippen LogP contribution in [0.15, 0.2) is 17.5 Å². The fourth-order valence-corrected chi connectivity index (χ4v) is 1.53. The van der Waals surface area contributed by atoms with E-state index in [1.54, 1.807) is 0 Å². The highest BCUT2D eigenvalue weighted by Crippen LogP contribution is 2.09.